The SMILES string of the molecule is COc1ccccc1C(=O)N(Cc1ccccc1)Cc1cc2cccc(C)c2n2nnnc12. The van der Waals surface area contributed by atoms with Crippen molar-refractivity contribution in [2.24, 2.45) is 0 Å². The number of carbonyl (C=O) groups is 1. The van der Waals surface area contributed by atoms with E-state index in [-0.39, 0.29) is 5.91 Å². The van der Waals surface area contributed by atoms with Gasteiger partial charge in [-0.1, -0.05) is 60.7 Å². The van der Waals surface area contributed by atoms with Gasteiger partial charge >= 0.3 is 0 Å². The number of hydrogen-bond donors (Lipinski definition) is 0. The number of aryl methyl sites for hydroxylation is 1. The number of hydrogen-bond acceptors (Lipinski definition) is 5. The lowest BCUT2D eigenvalue weighted by atomic mass is 10.1. The highest BCUT2D eigenvalue weighted by Gasteiger charge is 2.22. The van der Waals surface area contributed by atoms with Gasteiger partial charge in [0, 0.05) is 17.5 Å². The molecule has 0 atom stereocenters. The summed E-state index contributed by atoms with van der Waals surface area (Å²) in [6.07, 6.45) is 0. The number of nitrogens with zero attached hydrogens (tertiary/aromatic N) is 5. The maximum absolute atomic E-state index is 13.7. The van der Waals surface area contributed by atoms with Gasteiger partial charge in [0.05, 0.1) is 24.7 Å². The number of methoxy groups -OCH3 is 1. The van der Waals surface area contributed by atoms with Gasteiger partial charge in [0.1, 0.15) is 5.75 Å². The molecule has 2 aromatic heterocycles. The Morgan fingerprint density at radius 2 is 1.76 bits per heavy atom. The Bertz CT molecular complexity index is 1450. The first kappa shape index (κ1) is 20.6. The van der Waals surface area contributed by atoms with E-state index >= 15 is 0 Å². The Kier molecular flexibility index (Phi) is 5.44. The Morgan fingerprint density at radius 3 is 2.58 bits per heavy atom. The van der Waals surface area contributed by atoms with E-state index in [2.05, 4.69) is 21.6 Å². The number of amides is 1. The van der Waals surface area contributed by atoms with E-state index in [1.807, 2.05) is 67.6 Å². The molecule has 164 valence electrons. The zero-order valence-electron chi connectivity index (χ0n) is 18.5. The molecule has 0 N–H and O–H groups in total. The van der Waals surface area contributed by atoms with E-state index in [0.717, 1.165) is 27.6 Å². The zero-order valence-corrected chi connectivity index (χ0v) is 18.5. The molecule has 0 aliphatic carbocycles. The van der Waals surface area contributed by atoms with Crippen molar-refractivity contribution in [3.05, 3.63) is 101 Å². The minimum atomic E-state index is -0.119. The van der Waals surface area contributed by atoms with Crippen molar-refractivity contribution in [3.63, 3.8) is 0 Å². The van der Waals surface area contributed by atoms with Crippen molar-refractivity contribution in [1.82, 2.24) is 24.9 Å². The Balaban J connectivity index is 1.61. The standard InChI is InChI=1S/C26H23N5O2/c1-18-9-8-12-20-15-21(25-27-28-29-31(25)24(18)20)17-30(16-19-10-4-3-5-11-19)26(32)22-13-6-7-14-23(22)33-2/h3-15H,16-17H2,1-2H3. The molecule has 0 bridgehead atoms. The lowest BCUT2D eigenvalue weighted by molar-refractivity contribution is 0.0727. The summed E-state index contributed by atoms with van der Waals surface area (Å²) >= 11 is 0. The number of aromatic nitrogens is 4. The fourth-order valence-electron chi connectivity index (χ4n) is 4.19. The summed E-state index contributed by atoms with van der Waals surface area (Å²) in [6.45, 7) is 2.83. The number of carbonyl (C=O) groups excluding carboxylic acids is 1. The van der Waals surface area contributed by atoms with Gasteiger partial charge in [0.15, 0.2) is 5.65 Å². The Hall–Kier alpha value is -4.26. The molecule has 5 aromatic rings. The number of benzene rings is 3. The molecule has 0 spiro atoms. The third-order valence-corrected chi connectivity index (χ3v) is 5.77. The van der Waals surface area contributed by atoms with Crippen LogP contribution in [0.2, 0.25) is 0 Å². The molecule has 0 radical (unpaired) electrons. The summed E-state index contributed by atoms with van der Waals surface area (Å²) in [6, 6.07) is 25.4. The monoisotopic (exact) mass is 437 g/mol. The van der Waals surface area contributed by atoms with Crippen molar-refractivity contribution in [2.75, 3.05) is 7.11 Å². The molecule has 33 heavy (non-hydrogen) atoms. The van der Waals surface area contributed by atoms with Gasteiger partial charge in [-0.15, -0.1) is 5.10 Å². The Labute approximate surface area is 191 Å². The summed E-state index contributed by atoms with van der Waals surface area (Å²) in [5.41, 5.74) is 5.12. The van der Waals surface area contributed by atoms with E-state index in [4.69, 9.17) is 4.74 Å². The highest BCUT2D eigenvalue weighted by molar-refractivity contribution is 5.97. The first-order valence-corrected chi connectivity index (χ1v) is 10.7. The van der Waals surface area contributed by atoms with Crippen LogP contribution < -0.4 is 4.74 Å². The molecular weight excluding hydrogens is 414 g/mol. The molecule has 0 aliphatic rings. The number of tetrazole rings is 1. The Morgan fingerprint density at radius 1 is 0.970 bits per heavy atom. The van der Waals surface area contributed by atoms with Gasteiger partial charge < -0.3 is 9.64 Å². The highest BCUT2D eigenvalue weighted by Crippen LogP contribution is 2.26. The average molecular weight is 438 g/mol. The van der Waals surface area contributed by atoms with E-state index < -0.39 is 0 Å². The molecule has 7 heteroatoms. The van der Waals surface area contributed by atoms with Crippen LogP contribution >= 0.6 is 0 Å². The maximum atomic E-state index is 13.7. The topological polar surface area (TPSA) is 72.6 Å². The van der Waals surface area contributed by atoms with Crippen LogP contribution in [0.3, 0.4) is 0 Å². The molecule has 7 nitrogen and oxygen atoms in total. The van der Waals surface area contributed by atoms with Crippen LogP contribution in [-0.4, -0.2) is 38.0 Å². The fraction of sp³-hybridized carbons (Fsp3) is 0.154. The fourth-order valence-corrected chi connectivity index (χ4v) is 4.19. The molecular formula is C26H23N5O2. The number of para-hydroxylation sites is 2. The van der Waals surface area contributed by atoms with Crippen LogP contribution in [0.1, 0.15) is 27.0 Å². The second kappa shape index (κ2) is 8.70. The lowest BCUT2D eigenvalue weighted by Gasteiger charge is -2.24. The highest BCUT2D eigenvalue weighted by atomic mass is 16.5. The van der Waals surface area contributed by atoms with Crippen LogP contribution in [-0.2, 0) is 13.1 Å². The second-order valence-electron chi connectivity index (χ2n) is 7.94. The summed E-state index contributed by atoms with van der Waals surface area (Å²) in [4.78, 5) is 15.5. The van der Waals surface area contributed by atoms with Crippen LogP contribution in [0.25, 0.3) is 16.6 Å². The molecule has 0 fully saturated rings. The van der Waals surface area contributed by atoms with Crippen molar-refractivity contribution >= 4 is 22.5 Å². The lowest BCUT2D eigenvalue weighted by Crippen LogP contribution is -2.30. The van der Waals surface area contributed by atoms with Gasteiger partial charge in [-0.2, -0.15) is 4.52 Å². The van der Waals surface area contributed by atoms with E-state index in [1.54, 1.807) is 28.7 Å². The number of ether oxygens (including phenoxy) is 1. The molecule has 3 aromatic carbocycles. The van der Waals surface area contributed by atoms with Gasteiger partial charge in [-0.3, -0.25) is 4.79 Å². The van der Waals surface area contributed by atoms with Gasteiger partial charge in [-0.05, 0) is 46.7 Å². The largest absolute Gasteiger partial charge is 0.496 e. The molecule has 0 unspecified atom stereocenters. The minimum absolute atomic E-state index is 0.119. The first-order valence-electron chi connectivity index (χ1n) is 10.7. The number of fused-ring (bicyclic) bond motifs is 3. The average Bonchev–Trinajstić information content (AvgIpc) is 3.34. The van der Waals surface area contributed by atoms with E-state index in [0.29, 0.717) is 30.0 Å². The zero-order chi connectivity index (χ0) is 22.8. The van der Waals surface area contributed by atoms with Crippen LogP contribution in [0.4, 0.5) is 0 Å². The van der Waals surface area contributed by atoms with Gasteiger partial charge in [-0.25, -0.2) is 0 Å². The first-order chi connectivity index (χ1) is 16.2. The molecule has 1 amide bonds. The normalized spacial score (nSPS) is 11.1. The quantitative estimate of drug-likeness (QED) is 0.393. The summed E-state index contributed by atoms with van der Waals surface area (Å²) in [5, 5.41) is 13.4. The minimum Gasteiger partial charge on any atom is -0.496 e. The van der Waals surface area contributed by atoms with Crippen molar-refractivity contribution in [3.8, 4) is 5.75 Å². The summed E-state index contributed by atoms with van der Waals surface area (Å²) in [5.74, 6) is 0.426. The van der Waals surface area contributed by atoms with E-state index in [1.165, 1.54) is 0 Å². The summed E-state index contributed by atoms with van der Waals surface area (Å²) < 4.78 is 7.22. The number of pyridine rings is 1. The molecule has 2 heterocycles. The molecule has 0 saturated heterocycles. The maximum Gasteiger partial charge on any atom is 0.258 e. The van der Waals surface area contributed by atoms with Gasteiger partial charge in [0.25, 0.3) is 5.91 Å². The number of rotatable bonds is 6. The molecule has 0 aliphatic heterocycles. The second-order valence-corrected chi connectivity index (χ2v) is 7.94. The van der Waals surface area contributed by atoms with Crippen molar-refractivity contribution < 1.29 is 9.53 Å². The molecule has 0 saturated carbocycles. The smallest absolute Gasteiger partial charge is 0.258 e. The molecule has 5 rings (SSSR count). The van der Waals surface area contributed by atoms with Crippen LogP contribution in [0, 0.1) is 6.92 Å². The van der Waals surface area contributed by atoms with Crippen molar-refractivity contribution in [2.45, 2.75) is 20.0 Å². The van der Waals surface area contributed by atoms with Crippen LogP contribution in [0.15, 0.2) is 78.9 Å². The van der Waals surface area contributed by atoms with Crippen LogP contribution in [0.5, 0.6) is 5.75 Å². The van der Waals surface area contributed by atoms with Gasteiger partial charge in [0.2, 0.25) is 0 Å². The predicted molar refractivity (Wildman–Crippen MR) is 126 cm³/mol. The van der Waals surface area contributed by atoms with Crippen molar-refractivity contribution in [1.29, 1.82) is 0 Å². The third-order valence-electron chi connectivity index (χ3n) is 5.77. The summed E-state index contributed by atoms with van der Waals surface area (Å²) in [7, 11) is 1.57. The third kappa shape index (κ3) is 3.89. The predicted octanol–water partition coefficient (Wildman–Crippen LogP) is 4.44. The van der Waals surface area contributed by atoms with E-state index in [9.17, 15) is 4.79 Å².